The highest BCUT2D eigenvalue weighted by Gasteiger charge is 2.42. The van der Waals surface area contributed by atoms with Crippen molar-refractivity contribution in [2.45, 2.75) is 38.3 Å². The number of carbonyl (C=O) groups is 1. The van der Waals surface area contributed by atoms with E-state index in [0.717, 1.165) is 30.8 Å². The molecule has 0 aromatic carbocycles. The zero-order valence-corrected chi connectivity index (χ0v) is 15.1. The lowest BCUT2D eigenvalue weighted by Gasteiger charge is -2.39. The van der Waals surface area contributed by atoms with Crippen molar-refractivity contribution in [2.24, 2.45) is 5.92 Å². The van der Waals surface area contributed by atoms with E-state index in [1.807, 2.05) is 22.4 Å². The molecular formula is C15H23N3O3S2. The van der Waals surface area contributed by atoms with Gasteiger partial charge in [-0.05, 0) is 36.6 Å². The molecule has 1 aromatic heterocycles. The number of likely N-dealkylation sites (N-methyl/N-ethyl adjacent to an activating group) is 1. The summed E-state index contributed by atoms with van der Waals surface area (Å²) in [5.74, 6) is 0.568. The van der Waals surface area contributed by atoms with Gasteiger partial charge >= 0.3 is 0 Å². The van der Waals surface area contributed by atoms with E-state index in [1.165, 1.54) is 22.7 Å². The number of piperidine rings is 1. The third-order valence-electron chi connectivity index (χ3n) is 4.84. The number of nitrogens with zero attached hydrogens (tertiary/aromatic N) is 2. The summed E-state index contributed by atoms with van der Waals surface area (Å²) in [6.45, 7) is 3.64. The molecule has 2 fully saturated rings. The maximum absolute atomic E-state index is 12.9. The SMILES string of the molecule is CC1CCN(C(=O)C2CC(c3cccs3)NS(=O)(=O)N2C)CC1. The first-order valence-electron chi connectivity index (χ1n) is 7.96. The van der Waals surface area contributed by atoms with Gasteiger partial charge in [-0.15, -0.1) is 11.3 Å². The number of likely N-dealkylation sites (tertiary alicyclic amines) is 1. The number of thiophene rings is 1. The zero-order valence-electron chi connectivity index (χ0n) is 13.4. The second-order valence-corrected chi connectivity index (χ2v) is 9.21. The normalized spacial score (nSPS) is 29.6. The molecule has 1 N–H and O–H groups in total. The van der Waals surface area contributed by atoms with E-state index < -0.39 is 16.3 Å². The highest BCUT2D eigenvalue weighted by atomic mass is 32.2. The lowest BCUT2D eigenvalue weighted by molar-refractivity contribution is -0.137. The van der Waals surface area contributed by atoms with Gasteiger partial charge in [0.2, 0.25) is 5.91 Å². The molecule has 128 valence electrons. The largest absolute Gasteiger partial charge is 0.341 e. The first kappa shape index (κ1) is 16.9. The summed E-state index contributed by atoms with van der Waals surface area (Å²) in [6.07, 6.45) is 2.45. The fraction of sp³-hybridized carbons (Fsp3) is 0.667. The summed E-state index contributed by atoms with van der Waals surface area (Å²) >= 11 is 1.51. The molecule has 0 saturated carbocycles. The van der Waals surface area contributed by atoms with Crippen LogP contribution >= 0.6 is 11.3 Å². The van der Waals surface area contributed by atoms with E-state index in [0.29, 0.717) is 12.3 Å². The Morgan fingerprint density at radius 1 is 1.35 bits per heavy atom. The number of rotatable bonds is 2. The van der Waals surface area contributed by atoms with Gasteiger partial charge < -0.3 is 4.90 Å². The van der Waals surface area contributed by atoms with Crippen molar-refractivity contribution in [3.8, 4) is 0 Å². The third-order valence-corrected chi connectivity index (χ3v) is 7.42. The van der Waals surface area contributed by atoms with E-state index in [1.54, 1.807) is 0 Å². The molecule has 23 heavy (non-hydrogen) atoms. The minimum atomic E-state index is -3.64. The van der Waals surface area contributed by atoms with Gasteiger partial charge in [-0.25, -0.2) is 0 Å². The highest BCUT2D eigenvalue weighted by Crippen LogP contribution is 2.31. The molecule has 2 atom stereocenters. The summed E-state index contributed by atoms with van der Waals surface area (Å²) < 4.78 is 28.6. The second-order valence-electron chi connectivity index (χ2n) is 6.47. The van der Waals surface area contributed by atoms with Crippen LogP contribution < -0.4 is 4.72 Å². The summed E-state index contributed by atoms with van der Waals surface area (Å²) in [5, 5.41) is 1.92. The molecule has 0 aliphatic carbocycles. The van der Waals surface area contributed by atoms with Crippen LogP contribution in [0.3, 0.4) is 0 Å². The Morgan fingerprint density at radius 2 is 2.04 bits per heavy atom. The van der Waals surface area contributed by atoms with Crippen LogP contribution in [0.2, 0.25) is 0 Å². The number of carbonyl (C=O) groups excluding carboxylic acids is 1. The minimum absolute atomic E-state index is 0.0639. The van der Waals surface area contributed by atoms with Crippen molar-refractivity contribution in [2.75, 3.05) is 20.1 Å². The molecule has 2 unspecified atom stereocenters. The maximum atomic E-state index is 12.9. The maximum Gasteiger partial charge on any atom is 0.280 e. The summed E-state index contributed by atoms with van der Waals surface area (Å²) in [4.78, 5) is 15.6. The molecular weight excluding hydrogens is 334 g/mol. The Bertz CT molecular complexity index is 652. The molecule has 3 heterocycles. The fourth-order valence-electron chi connectivity index (χ4n) is 3.21. The predicted molar refractivity (Wildman–Crippen MR) is 90.3 cm³/mol. The van der Waals surface area contributed by atoms with Crippen LogP contribution in [0.25, 0.3) is 0 Å². The van der Waals surface area contributed by atoms with Gasteiger partial charge in [-0.3, -0.25) is 4.79 Å². The van der Waals surface area contributed by atoms with Crippen molar-refractivity contribution >= 4 is 27.5 Å². The van der Waals surface area contributed by atoms with E-state index >= 15 is 0 Å². The molecule has 0 radical (unpaired) electrons. The fourth-order valence-corrected chi connectivity index (χ4v) is 5.34. The van der Waals surface area contributed by atoms with Crippen molar-refractivity contribution in [3.63, 3.8) is 0 Å². The molecule has 3 rings (SSSR count). The Kier molecular flexibility index (Phi) is 4.78. The van der Waals surface area contributed by atoms with Gasteiger partial charge in [0, 0.05) is 25.0 Å². The van der Waals surface area contributed by atoms with E-state index in [4.69, 9.17) is 0 Å². The van der Waals surface area contributed by atoms with Gasteiger partial charge in [-0.2, -0.15) is 17.4 Å². The van der Waals surface area contributed by atoms with Crippen LogP contribution in [-0.2, 0) is 15.0 Å². The van der Waals surface area contributed by atoms with Gasteiger partial charge in [0.25, 0.3) is 10.2 Å². The predicted octanol–water partition coefficient (Wildman–Crippen LogP) is 1.59. The zero-order chi connectivity index (χ0) is 16.6. The standard InChI is InChI=1S/C15H23N3O3S2/c1-11-5-7-18(8-6-11)15(19)13-10-12(14-4-3-9-22-14)16-23(20,21)17(13)2/h3-4,9,11-13,16H,5-8,10H2,1-2H3. The van der Waals surface area contributed by atoms with Crippen LogP contribution in [-0.4, -0.2) is 49.7 Å². The molecule has 0 spiro atoms. The summed E-state index contributed by atoms with van der Waals surface area (Å²) in [6, 6.07) is 2.86. The summed E-state index contributed by atoms with van der Waals surface area (Å²) in [7, 11) is -2.15. The monoisotopic (exact) mass is 357 g/mol. The molecule has 2 saturated heterocycles. The number of amides is 1. The van der Waals surface area contributed by atoms with Crippen LogP contribution in [0.5, 0.6) is 0 Å². The van der Waals surface area contributed by atoms with Gasteiger partial charge in [0.15, 0.2) is 0 Å². The molecule has 8 heteroatoms. The van der Waals surface area contributed by atoms with Gasteiger partial charge in [0.05, 0.1) is 6.04 Å². The van der Waals surface area contributed by atoms with Crippen LogP contribution in [0.15, 0.2) is 17.5 Å². The average molecular weight is 358 g/mol. The molecule has 1 amide bonds. The molecule has 6 nitrogen and oxygen atoms in total. The molecule has 0 bridgehead atoms. The Hall–Kier alpha value is -0.960. The van der Waals surface area contributed by atoms with Crippen LogP contribution in [0.1, 0.15) is 37.1 Å². The van der Waals surface area contributed by atoms with Gasteiger partial charge in [0.1, 0.15) is 6.04 Å². The second kappa shape index (κ2) is 6.51. The number of hydrogen-bond donors (Lipinski definition) is 1. The topological polar surface area (TPSA) is 69.7 Å². The smallest absolute Gasteiger partial charge is 0.280 e. The minimum Gasteiger partial charge on any atom is -0.341 e. The van der Waals surface area contributed by atoms with Crippen molar-refractivity contribution in [3.05, 3.63) is 22.4 Å². The van der Waals surface area contributed by atoms with Crippen LogP contribution in [0.4, 0.5) is 0 Å². The Morgan fingerprint density at radius 3 is 2.65 bits per heavy atom. The van der Waals surface area contributed by atoms with E-state index in [2.05, 4.69) is 11.6 Å². The molecule has 1 aromatic rings. The molecule has 2 aliphatic heterocycles. The van der Waals surface area contributed by atoms with E-state index in [-0.39, 0.29) is 11.9 Å². The first-order valence-corrected chi connectivity index (χ1v) is 10.3. The summed E-state index contributed by atoms with van der Waals surface area (Å²) in [5.41, 5.74) is 0. The highest BCUT2D eigenvalue weighted by molar-refractivity contribution is 7.87. The number of hydrogen-bond acceptors (Lipinski definition) is 4. The Labute approximate surface area is 141 Å². The van der Waals surface area contributed by atoms with Crippen molar-refractivity contribution < 1.29 is 13.2 Å². The first-order chi connectivity index (χ1) is 10.9. The van der Waals surface area contributed by atoms with Crippen molar-refractivity contribution in [1.29, 1.82) is 0 Å². The lowest BCUT2D eigenvalue weighted by Crippen LogP contribution is -2.58. The molecule has 2 aliphatic rings. The van der Waals surface area contributed by atoms with Crippen molar-refractivity contribution in [1.82, 2.24) is 13.9 Å². The Balaban J connectivity index is 1.80. The average Bonchev–Trinajstić information content (AvgIpc) is 3.04. The number of nitrogens with one attached hydrogen (secondary N) is 1. The van der Waals surface area contributed by atoms with Crippen LogP contribution in [0, 0.1) is 5.92 Å². The quantitative estimate of drug-likeness (QED) is 0.874. The van der Waals surface area contributed by atoms with E-state index in [9.17, 15) is 13.2 Å². The lowest BCUT2D eigenvalue weighted by atomic mass is 9.97. The third kappa shape index (κ3) is 3.45. The van der Waals surface area contributed by atoms with Gasteiger partial charge in [-0.1, -0.05) is 13.0 Å².